The summed E-state index contributed by atoms with van der Waals surface area (Å²) in [7, 11) is 0. The highest BCUT2D eigenvalue weighted by molar-refractivity contribution is 6.10. The number of nitrogens with one attached hydrogen (secondary N) is 2. The van der Waals surface area contributed by atoms with Crippen LogP contribution in [0.3, 0.4) is 0 Å². The predicted octanol–water partition coefficient (Wildman–Crippen LogP) is 2.96. The lowest BCUT2D eigenvalue weighted by Gasteiger charge is -2.22. The molecule has 1 fully saturated rings. The van der Waals surface area contributed by atoms with Gasteiger partial charge in [-0.2, -0.15) is 0 Å². The normalized spacial score (nSPS) is 17.3. The number of nitrogens with zero attached hydrogens (tertiary/aromatic N) is 2. The molecule has 1 saturated heterocycles. The van der Waals surface area contributed by atoms with Gasteiger partial charge in [-0.05, 0) is 55.3 Å². The Balaban J connectivity index is 1.62. The van der Waals surface area contributed by atoms with E-state index in [-0.39, 0.29) is 5.69 Å². The molecule has 11 heteroatoms. The number of ether oxygens (including phenoxy) is 1. The Labute approximate surface area is 195 Å². The summed E-state index contributed by atoms with van der Waals surface area (Å²) in [6, 6.07) is 10.5. The number of nitro groups is 1. The number of imide groups is 1. The molecule has 0 bridgehead atoms. The maximum atomic E-state index is 12.9. The van der Waals surface area contributed by atoms with Gasteiger partial charge in [-0.1, -0.05) is 13.3 Å². The van der Waals surface area contributed by atoms with E-state index in [2.05, 4.69) is 10.6 Å². The van der Waals surface area contributed by atoms with Gasteiger partial charge < -0.3 is 15.4 Å². The van der Waals surface area contributed by atoms with Crippen LogP contribution in [0.15, 0.2) is 48.5 Å². The van der Waals surface area contributed by atoms with Crippen LogP contribution >= 0.6 is 0 Å². The highest BCUT2D eigenvalue weighted by Gasteiger charge is 2.49. The van der Waals surface area contributed by atoms with E-state index in [0.29, 0.717) is 23.4 Å². The molecule has 34 heavy (non-hydrogen) atoms. The van der Waals surface area contributed by atoms with E-state index in [1.165, 1.54) is 55.5 Å². The van der Waals surface area contributed by atoms with Gasteiger partial charge >= 0.3 is 12.0 Å². The zero-order chi connectivity index (χ0) is 24.9. The molecule has 1 heterocycles. The lowest BCUT2D eigenvalue weighted by atomic mass is 9.92. The van der Waals surface area contributed by atoms with Crippen molar-refractivity contribution in [1.82, 2.24) is 10.2 Å². The predicted molar refractivity (Wildman–Crippen MR) is 121 cm³/mol. The van der Waals surface area contributed by atoms with Crippen molar-refractivity contribution in [1.29, 1.82) is 0 Å². The second-order valence-corrected chi connectivity index (χ2v) is 7.87. The van der Waals surface area contributed by atoms with Gasteiger partial charge in [0.2, 0.25) is 5.91 Å². The van der Waals surface area contributed by atoms with Gasteiger partial charge in [-0.15, -0.1) is 0 Å². The van der Waals surface area contributed by atoms with Crippen molar-refractivity contribution in [2.45, 2.75) is 32.2 Å². The fraction of sp³-hybridized carbons (Fsp3) is 0.304. The van der Waals surface area contributed by atoms with Crippen LogP contribution in [-0.4, -0.2) is 46.8 Å². The quantitative estimate of drug-likeness (QED) is 0.189. The van der Waals surface area contributed by atoms with Gasteiger partial charge in [0.25, 0.3) is 11.6 Å². The monoisotopic (exact) mass is 468 g/mol. The zero-order valence-electron chi connectivity index (χ0n) is 18.7. The van der Waals surface area contributed by atoms with E-state index >= 15 is 0 Å². The van der Waals surface area contributed by atoms with E-state index < -0.39 is 40.8 Å². The van der Waals surface area contributed by atoms with Crippen molar-refractivity contribution in [3.05, 3.63) is 69.8 Å². The van der Waals surface area contributed by atoms with Crippen LogP contribution in [0, 0.1) is 10.1 Å². The third kappa shape index (κ3) is 5.20. The van der Waals surface area contributed by atoms with Crippen LogP contribution < -0.4 is 10.6 Å². The summed E-state index contributed by atoms with van der Waals surface area (Å²) in [5.41, 5.74) is -0.560. The lowest BCUT2D eigenvalue weighted by Crippen LogP contribution is -2.42. The number of urea groups is 1. The smallest absolute Gasteiger partial charge is 0.338 e. The molecule has 0 aliphatic carbocycles. The molecule has 11 nitrogen and oxygen atoms in total. The molecule has 0 radical (unpaired) electrons. The molecule has 1 atom stereocenters. The number of nitro benzene ring substituents is 1. The van der Waals surface area contributed by atoms with Crippen molar-refractivity contribution < 1.29 is 28.8 Å². The molecule has 3 rings (SSSR count). The number of hydrogen-bond donors (Lipinski definition) is 2. The SMILES string of the molecule is CCCCOC(=O)c1ccc(NC(=O)CN2C(=O)NC(C)(c3ccc([N+](=O)[O-])cc3)C2=O)cc1. The molecule has 2 N–H and O–H groups in total. The number of unbranched alkanes of at least 4 members (excludes halogenated alkanes) is 1. The van der Waals surface area contributed by atoms with Gasteiger partial charge in [-0.25, -0.2) is 9.59 Å². The number of esters is 1. The Morgan fingerprint density at radius 3 is 2.35 bits per heavy atom. The Hall–Kier alpha value is -4.28. The van der Waals surface area contributed by atoms with E-state index in [1.54, 1.807) is 0 Å². The topological polar surface area (TPSA) is 148 Å². The number of carbonyl (C=O) groups excluding carboxylic acids is 4. The maximum Gasteiger partial charge on any atom is 0.338 e. The first-order valence-corrected chi connectivity index (χ1v) is 10.6. The fourth-order valence-electron chi connectivity index (χ4n) is 3.38. The summed E-state index contributed by atoms with van der Waals surface area (Å²) in [5.74, 6) is -1.74. The Bertz CT molecular complexity index is 1120. The second kappa shape index (κ2) is 10.1. The molecule has 4 amide bonds. The van der Waals surface area contributed by atoms with Crippen LogP contribution in [0.5, 0.6) is 0 Å². The summed E-state index contributed by atoms with van der Waals surface area (Å²) in [4.78, 5) is 60.8. The standard InChI is InChI=1S/C23H24N4O7/c1-3-4-13-34-20(29)15-5-9-17(10-6-15)24-19(28)14-26-21(30)23(2,25-22(26)31)16-7-11-18(12-8-16)27(32)33/h5-12H,3-4,13-14H2,1-2H3,(H,24,28)(H,25,31). The number of benzene rings is 2. The fourth-order valence-corrected chi connectivity index (χ4v) is 3.38. The van der Waals surface area contributed by atoms with E-state index in [1.807, 2.05) is 6.92 Å². The molecule has 0 aromatic heterocycles. The van der Waals surface area contributed by atoms with Crippen molar-refractivity contribution in [3.8, 4) is 0 Å². The molecule has 1 unspecified atom stereocenters. The summed E-state index contributed by atoms with van der Waals surface area (Å²) in [6.45, 7) is 3.25. The van der Waals surface area contributed by atoms with E-state index in [4.69, 9.17) is 4.74 Å². The van der Waals surface area contributed by atoms with Crippen LogP contribution in [0.1, 0.15) is 42.6 Å². The Morgan fingerprint density at radius 2 is 1.76 bits per heavy atom. The van der Waals surface area contributed by atoms with Gasteiger partial charge in [0, 0.05) is 17.8 Å². The third-order valence-electron chi connectivity index (χ3n) is 5.37. The Kier molecular flexibility index (Phi) is 7.24. The third-order valence-corrected chi connectivity index (χ3v) is 5.37. The number of amides is 4. The number of non-ortho nitro benzene ring substituents is 1. The number of carbonyl (C=O) groups is 4. The number of rotatable bonds is 9. The molecule has 2 aromatic carbocycles. The zero-order valence-corrected chi connectivity index (χ0v) is 18.7. The van der Waals surface area contributed by atoms with Gasteiger partial charge in [0.05, 0.1) is 17.1 Å². The molecule has 0 saturated carbocycles. The van der Waals surface area contributed by atoms with Crippen molar-refractivity contribution in [3.63, 3.8) is 0 Å². The molecular weight excluding hydrogens is 444 g/mol. The summed E-state index contributed by atoms with van der Waals surface area (Å²) >= 11 is 0. The van der Waals surface area contributed by atoms with E-state index in [0.717, 1.165) is 17.7 Å². The first-order valence-electron chi connectivity index (χ1n) is 10.6. The minimum Gasteiger partial charge on any atom is -0.462 e. The molecule has 1 aliphatic heterocycles. The molecule has 2 aromatic rings. The first-order chi connectivity index (χ1) is 16.2. The molecule has 1 aliphatic rings. The van der Waals surface area contributed by atoms with Crippen molar-refractivity contribution in [2.75, 3.05) is 18.5 Å². The highest BCUT2D eigenvalue weighted by Crippen LogP contribution is 2.30. The molecular formula is C23H24N4O7. The largest absolute Gasteiger partial charge is 0.462 e. The van der Waals surface area contributed by atoms with Gasteiger partial charge in [-0.3, -0.25) is 24.6 Å². The maximum absolute atomic E-state index is 12.9. The van der Waals surface area contributed by atoms with Crippen LogP contribution in [0.4, 0.5) is 16.2 Å². The second-order valence-electron chi connectivity index (χ2n) is 7.87. The van der Waals surface area contributed by atoms with E-state index in [9.17, 15) is 29.3 Å². The lowest BCUT2D eigenvalue weighted by molar-refractivity contribution is -0.384. The number of hydrogen-bond acceptors (Lipinski definition) is 7. The number of anilines is 1. The minimum absolute atomic E-state index is 0.152. The Morgan fingerprint density at radius 1 is 1.12 bits per heavy atom. The van der Waals surface area contributed by atoms with Crippen LogP contribution in [0.2, 0.25) is 0 Å². The van der Waals surface area contributed by atoms with Crippen molar-refractivity contribution in [2.24, 2.45) is 0 Å². The summed E-state index contributed by atoms with van der Waals surface area (Å²) in [5, 5.41) is 16.0. The molecule has 0 spiro atoms. The molecule has 178 valence electrons. The van der Waals surface area contributed by atoms with Crippen LogP contribution in [0.25, 0.3) is 0 Å². The first kappa shape index (κ1) is 24.4. The van der Waals surface area contributed by atoms with Gasteiger partial charge in [0.15, 0.2) is 0 Å². The van der Waals surface area contributed by atoms with Gasteiger partial charge in [0.1, 0.15) is 12.1 Å². The summed E-state index contributed by atoms with van der Waals surface area (Å²) < 4.78 is 5.13. The van der Waals surface area contributed by atoms with Crippen molar-refractivity contribution >= 4 is 35.2 Å². The minimum atomic E-state index is -1.47. The average Bonchev–Trinajstić information content (AvgIpc) is 3.03. The average molecular weight is 468 g/mol. The highest BCUT2D eigenvalue weighted by atomic mass is 16.6. The summed E-state index contributed by atoms with van der Waals surface area (Å²) in [6.07, 6.45) is 1.68. The van der Waals surface area contributed by atoms with Crippen LogP contribution in [-0.2, 0) is 19.9 Å².